The Bertz CT molecular complexity index is 1090. The number of unbranched alkanes of at least 4 members (excludes halogenated alkanes) is 1. The number of fused-ring (bicyclic) bond motifs is 1. The number of anilines is 2. The largest absolute Gasteiger partial charge is 0.477 e. The summed E-state index contributed by atoms with van der Waals surface area (Å²) in [7, 11) is 0. The van der Waals surface area contributed by atoms with Gasteiger partial charge in [0.25, 0.3) is 0 Å². The Balaban J connectivity index is 1.79. The number of aromatic nitrogens is 4. The second-order valence-electron chi connectivity index (χ2n) is 9.15. The number of hydrogen-bond donors (Lipinski definition) is 7. The van der Waals surface area contributed by atoms with E-state index in [1.807, 2.05) is 6.92 Å². The molecule has 1 fully saturated rings. The van der Waals surface area contributed by atoms with Gasteiger partial charge in [-0.05, 0) is 24.8 Å². The maximum Gasteiger partial charge on any atom is 0.362 e. The highest BCUT2D eigenvalue weighted by Gasteiger charge is 2.47. The number of nitrogens with two attached hydrogens (primary N) is 1. The van der Waals surface area contributed by atoms with Gasteiger partial charge >= 0.3 is 5.97 Å². The van der Waals surface area contributed by atoms with E-state index in [-0.39, 0.29) is 5.82 Å². The topological polar surface area (TPSA) is 249 Å². The number of carboxylic acids is 1. The smallest absolute Gasteiger partial charge is 0.362 e. The van der Waals surface area contributed by atoms with Crippen molar-refractivity contribution in [2.75, 3.05) is 43.8 Å². The molecule has 16 nitrogen and oxygen atoms in total. The van der Waals surface area contributed by atoms with Crippen molar-refractivity contribution in [3.8, 4) is 0 Å². The minimum Gasteiger partial charge on any atom is -0.477 e. The Kier molecular flexibility index (Phi) is 10.2. The van der Waals surface area contributed by atoms with Gasteiger partial charge in [0.2, 0.25) is 5.95 Å². The SMILES string of the molecule is CCC[NH+](CC[C@H]([NH3+])C(=O)O)C[C@H]1O[C@@H](n2c(NCCCCN=[N+]=[N-])nc3c(N)ncnc32)[C@@H](O)C1O. The van der Waals surface area contributed by atoms with E-state index in [0.29, 0.717) is 62.6 Å². The average Bonchev–Trinajstić information content (AvgIpc) is 3.37. The number of aliphatic hydroxyl groups is 2. The van der Waals surface area contributed by atoms with Crippen LogP contribution in [0.2, 0.25) is 0 Å². The van der Waals surface area contributed by atoms with Crippen molar-refractivity contribution in [2.24, 2.45) is 5.11 Å². The molecule has 204 valence electrons. The van der Waals surface area contributed by atoms with Crippen LogP contribution in [0.5, 0.6) is 0 Å². The van der Waals surface area contributed by atoms with E-state index in [4.69, 9.17) is 21.1 Å². The van der Waals surface area contributed by atoms with E-state index < -0.39 is 36.6 Å². The van der Waals surface area contributed by atoms with Crippen LogP contribution in [-0.2, 0) is 9.53 Å². The Morgan fingerprint density at radius 3 is 2.86 bits per heavy atom. The number of carboxylic acid groups (broad SMARTS) is 1. The summed E-state index contributed by atoms with van der Waals surface area (Å²) in [5.74, 6) is -0.434. The van der Waals surface area contributed by atoms with Gasteiger partial charge in [-0.25, -0.2) is 19.7 Å². The molecule has 0 radical (unpaired) electrons. The lowest BCUT2D eigenvalue weighted by Crippen LogP contribution is -3.13. The van der Waals surface area contributed by atoms with Gasteiger partial charge in [-0.2, -0.15) is 0 Å². The summed E-state index contributed by atoms with van der Waals surface area (Å²) >= 11 is 0. The lowest BCUT2D eigenvalue weighted by molar-refractivity contribution is -0.904. The molecule has 6 atom stereocenters. The van der Waals surface area contributed by atoms with E-state index in [2.05, 4.69) is 36.0 Å². The van der Waals surface area contributed by atoms with Crippen molar-refractivity contribution in [1.82, 2.24) is 19.5 Å². The number of hydrogen-bond acceptors (Lipinski definition) is 10. The fraction of sp³-hybridized carbons (Fsp3) is 0.714. The number of ether oxygens (including phenoxy) is 1. The molecule has 1 saturated heterocycles. The van der Waals surface area contributed by atoms with E-state index in [9.17, 15) is 15.0 Å². The van der Waals surface area contributed by atoms with Crippen molar-refractivity contribution < 1.29 is 35.5 Å². The minimum absolute atomic E-state index is 0.166. The van der Waals surface area contributed by atoms with Crippen molar-refractivity contribution in [2.45, 2.75) is 63.2 Å². The average molecular weight is 524 g/mol. The third-order valence-electron chi connectivity index (χ3n) is 6.42. The van der Waals surface area contributed by atoms with Crippen LogP contribution < -0.4 is 21.7 Å². The highest BCUT2D eigenvalue weighted by molar-refractivity contribution is 5.84. The molecule has 10 N–H and O–H groups in total. The third kappa shape index (κ3) is 6.94. The number of nitrogens with zero attached hydrogens (tertiary/aromatic N) is 7. The lowest BCUT2D eigenvalue weighted by atomic mass is 10.1. The van der Waals surface area contributed by atoms with Crippen LogP contribution in [0.3, 0.4) is 0 Å². The van der Waals surface area contributed by atoms with Gasteiger partial charge < -0.3 is 41.7 Å². The zero-order chi connectivity index (χ0) is 26.9. The first-order valence-corrected chi connectivity index (χ1v) is 12.4. The number of rotatable bonds is 15. The van der Waals surface area contributed by atoms with Crippen molar-refractivity contribution in [3.63, 3.8) is 0 Å². The summed E-state index contributed by atoms with van der Waals surface area (Å²) in [6.45, 7) is 4.57. The standard InChI is InChI=1S/C21H35N11O5/c1-2-8-31(9-5-12(22)20(35)36)10-13-15(33)16(34)19(37-13)32-18-14(17(23)26-11-27-18)29-21(32)25-6-3-4-7-28-30-24/h11-13,15-16,19,33-34H,2-10,22H2,1H3,(H,25,29)(H,35,36)(H2,23,26,27)/p+2/t12-,13+,15?,16-,19+/m0/s1. The van der Waals surface area contributed by atoms with E-state index in [1.165, 1.54) is 6.33 Å². The molecule has 0 aromatic carbocycles. The molecule has 2 aromatic heterocycles. The maximum absolute atomic E-state index is 11.2. The molecular formula is C21H37N11O5+2. The molecule has 1 aliphatic rings. The number of nitrogens with one attached hydrogen (secondary N) is 2. The third-order valence-corrected chi connectivity index (χ3v) is 6.42. The summed E-state index contributed by atoms with van der Waals surface area (Å²) in [6, 6.07) is -0.720. The summed E-state index contributed by atoms with van der Waals surface area (Å²) < 4.78 is 7.76. The molecule has 2 aromatic rings. The van der Waals surface area contributed by atoms with Crippen molar-refractivity contribution >= 4 is 28.9 Å². The van der Waals surface area contributed by atoms with Crippen LogP contribution in [-0.4, -0.2) is 97.9 Å². The first-order chi connectivity index (χ1) is 17.8. The Hall–Kier alpha value is -3.27. The first-order valence-electron chi connectivity index (χ1n) is 12.4. The normalized spacial score (nSPS) is 23.0. The second-order valence-corrected chi connectivity index (χ2v) is 9.15. The number of aliphatic hydroxyl groups excluding tert-OH is 2. The quantitative estimate of drug-likeness (QED) is 0.0580. The van der Waals surface area contributed by atoms with Gasteiger partial charge in [0.05, 0.1) is 19.5 Å². The van der Waals surface area contributed by atoms with Gasteiger partial charge in [-0.3, -0.25) is 4.57 Å². The first kappa shape index (κ1) is 28.3. The van der Waals surface area contributed by atoms with Crippen LogP contribution in [0, 0.1) is 0 Å². The molecule has 3 heterocycles. The van der Waals surface area contributed by atoms with E-state index in [0.717, 1.165) is 17.9 Å². The molecule has 2 unspecified atom stereocenters. The second kappa shape index (κ2) is 13.3. The molecule has 3 rings (SSSR count). The zero-order valence-electron chi connectivity index (χ0n) is 20.9. The molecular weight excluding hydrogens is 486 g/mol. The van der Waals surface area contributed by atoms with Crippen LogP contribution in [0.25, 0.3) is 21.6 Å². The zero-order valence-corrected chi connectivity index (χ0v) is 20.9. The highest BCUT2D eigenvalue weighted by atomic mass is 16.6. The molecule has 1 aliphatic heterocycles. The molecule has 16 heteroatoms. The number of imidazole rings is 1. The Morgan fingerprint density at radius 2 is 2.16 bits per heavy atom. The van der Waals surface area contributed by atoms with Gasteiger partial charge in [-0.15, -0.1) is 0 Å². The molecule has 0 amide bonds. The maximum atomic E-state index is 11.2. The van der Waals surface area contributed by atoms with Crippen LogP contribution in [0.4, 0.5) is 11.8 Å². The van der Waals surface area contributed by atoms with Gasteiger partial charge in [-0.1, -0.05) is 12.0 Å². The predicted octanol–water partition coefficient (Wildman–Crippen LogP) is -2.09. The Labute approximate surface area is 213 Å². The van der Waals surface area contributed by atoms with Crippen molar-refractivity contribution in [1.29, 1.82) is 0 Å². The van der Waals surface area contributed by atoms with Gasteiger partial charge in [0, 0.05) is 18.0 Å². The van der Waals surface area contributed by atoms with E-state index in [1.54, 1.807) is 4.57 Å². The fourth-order valence-electron chi connectivity index (χ4n) is 4.42. The van der Waals surface area contributed by atoms with Crippen molar-refractivity contribution in [3.05, 3.63) is 16.8 Å². The lowest BCUT2D eigenvalue weighted by Gasteiger charge is -2.24. The molecule has 0 bridgehead atoms. The molecule has 0 spiro atoms. The summed E-state index contributed by atoms with van der Waals surface area (Å²) in [5.41, 5.74) is 18.8. The van der Waals surface area contributed by atoms with Crippen LogP contribution in [0.1, 0.15) is 38.8 Å². The van der Waals surface area contributed by atoms with Crippen LogP contribution >= 0.6 is 0 Å². The van der Waals surface area contributed by atoms with Gasteiger partial charge in [0.15, 0.2) is 29.3 Å². The predicted molar refractivity (Wildman–Crippen MR) is 132 cm³/mol. The fourth-order valence-corrected chi connectivity index (χ4v) is 4.42. The monoisotopic (exact) mass is 523 g/mol. The molecule has 0 saturated carbocycles. The van der Waals surface area contributed by atoms with E-state index >= 15 is 0 Å². The van der Waals surface area contributed by atoms with Gasteiger partial charge in [0.1, 0.15) is 31.2 Å². The molecule has 0 aliphatic carbocycles. The number of carbonyl (C=O) groups is 1. The summed E-state index contributed by atoms with van der Waals surface area (Å²) in [6.07, 6.45) is -0.247. The number of aliphatic carboxylic acids is 1. The van der Waals surface area contributed by atoms with Crippen LogP contribution in [0.15, 0.2) is 11.4 Å². The molecule has 37 heavy (non-hydrogen) atoms. The highest BCUT2D eigenvalue weighted by Crippen LogP contribution is 2.34. The number of azide groups is 1. The summed E-state index contributed by atoms with van der Waals surface area (Å²) in [5, 5.41) is 37.7. The Morgan fingerprint density at radius 1 is 1.38 bits per heavy atom. The summed E-state index contributed by atoms with van der Waals surface area (Å²) in [4.78, 5) is 27.7. The number of quaternary nitrogens is 2. The minimum atomic E-state index is -1.27. The number of nitrogen functional groups attached to an aromatic ring is 1.